The van der Waals surface area contributed by atoms with Crippen molar-refractivity contribution in [1.82, 2.24) is 5.32 Å². The van der Waals surface area contributed by atoms with E-state index in [1.165, 1.54) is 13.0 Å². The van der Waals surface area contributed by atoms with Crippen molar-refractivity contribution in [2.24, 2.45) is 5.73 Å². The molecule has 0 spiro atoms. The van der Waals surface area contributed by atoms with E-state index in [1.54, 1.807) is 0 Å². The minimum Gasteiger partial charge on any atom is -0.477 e. The Morgan fingerprint density at radius 1 is 1.29 bits per heavy atom. The van der Waals surface area contributed by atoms with Crippen molar-refractivity contribution in [3.8, 4) is 0 Å². The van der Waals surface area contributed by atoms with Gasteiger partial charge in [-0.15, -0.1) is 6.58 Å². The molecule has 3 unspecified atom stereocenters. The van der Waals surface area contributed by atoms with Crippen LogP contribution in [0.15, 0.2) is 12.7 Å². The van der Waals surface area contributed by atoms with Gasteiger partial charge in [-0.1, -0.05) is 6.08 Å². The fraction of sp³-hybridized carbons (Fsp3) is 0.800. The third-order valence-electron chi connectivity index (χ3n) is 5.80. The van der Waals surface area contributed by atoms with Crippen LogP contribution >= 0.6 is 0 Å². The minimum atomic E-state index is -2.60. The molecule has 0 aromatic rings. The zero-order valence-corrected chi connectivity index (χ0v) is 19.0. The second-order valence-corrected chi connectivity index (χ2v) is 8.41. The summed E-state index contributed by atoms with van der Waals surface area (Å²) in [5.41, 5.74) is 5.80. The largest absolute Gasteiger partial charge is 0.477 e. The van der Waals surface area contributed by atoms with E-state index in [0.717, 1.165) is 0 Å². The zero-order chi connectivity index (χ0) is 26.5. The molecule has 2 rings (SSSR count). The first-order chi connectivity index (χ1) is 16.4. The average molecular weight is 510 g/mol. The van der Waals surface area contributed by atoms with Crippen LogP contribution in [0.3, 0.4) is 0 Å². The number of hydrogen-bond acceptors (Lipinski definition) is 13. The lowest BCUT2D eigenvalue weighted by Crippen LogP contribution is -2.68. The number of carbonyl (C=O) groups excluding carboxylic acids is 1. The summed E-state index contributed by atoms with van der Waals surface area (Å²) < 4.78 is 21.8. The fourth-order valence-electron chi connectivity index (χ4n) is 3.87. The van der Waals surface area contributed by atoms with E-state index in [0.29, 0.717) is 0 Å². The van der Waals surface area contributed by atoms with Gasteiger partial charge in [-0.25, -0.2) is 4.79 Å². The number of aliphatic carboxylic acids is 1. The molecule has 0 aromatic carbocycles. The number of ether oxygens (including phenoxy) is 4. The van der Waals surface area contributed by atoms with Crippen molar-refractivity contribution < 1.29 is 64.3 Å². The Morgan fingerprint density at radius 2 is 1.94 bits per heavy atom. The predicted octanol–water partition coefficient (Wildman–Crippen LogP) is -4.87. The summed E-state index contributed by atoms with van der Waals surface area (Å²) in [6, 6.07) is -2.51. The van der Waals surface area contributed by atoms with Crippen molar-refractivity contribution in [1.29, 1.82) is 0 Å². The number of aliphatic hydroxyl groups is 6. The first kappa shape index (κ1) is 29.5. The molecule has 0 aromatic heterocycles. The third-order valence-corrected chi connectivity index (χ3v) is 5.80. The van der Waals surface area contributed by atoms with Crippen LogP contribution in [-0.2, 0) is 28.5 Å². The summed E-state index contributed by atoms with van der Waals surface area (Å²) >= 11 is 0. The van der Waals surface area contributed by atoms with Crippen molar-refractivity contribution in [3.05, 3.63) is 12.7 Å². The first-order valence-electron chi connectivity index (χ1n) is 10.9. The Bertz CT molecular complexity index is 742. The Morgan fingerprint density at radius 3 is 2.49 bits per heavy atom. The summed E-state index contributed by atoms with van der Waals surface area (Å²) in [6.07, 6.45) is -12.1. The van der Waals surface area contributed by atoms with E-state index in [2.05, 4.69) is 11.9 Å². The van der Waals surface area contributed by atoms with E-state index in [4.69, 9.17) is 29.8 Å². The third kappa shape index (κ3) is 6.72. The summed E-state index contributed by atoms with van der Waals surface area (Å²) in [5, 5.41) is 72.6. The number of amides is 1. The minimum absolute atomic E-state index is 0.0455. The van der Waals surface area contributed by atoms with Crippen LogP contribution in [0.1, 0.15) is 13.3 Å². The van der Waals surface area contributed by atoms with E-state index in [9.17, 15) is 40.2 Å². The molecule has 2 saturated heterocycles. The number of aliphatic hydroxyl groups excluding tert-OH is 6. The van der Waals surface area contributed by atoms with Gasteiger partial charge in [0.15, 0.2) is 6.29 Å². The highest BCUT2D eigenvalue weighted by Crippen LogP contribution is 2.34. The zero-order valence-electron chi connectivity index (χ0n) is 19.0. The highest BCUT2D eigenvalue weighted by atomic mass is 16.7. The molecule has 11 atom stereocenters. The molecule has 202 valence electrons. The second-order valence-electron chi connectivity index (χ2n) is 8.41. The summed E-state index contributed by atoms with van der Waals surface area (Å²) in [6.45, 7) is 3.02. The average Bonchev–Trinajstić information content (AvgIpc) is 2.81. The van der Waals surface area contributed by atoms with Gasteiger partial charge < -0.3 is 65.7 Å². The number of rotatable bonds is 11. The Kier molecular flexibility index (Phi) is 10.5. The van der Waals surface area contributed by atoms with Gasteiger partial charge in [0, 0.05) is 13.3 Å². The SMILES string of the molecule is C=CCO[C@H]1OC(CO[C@]2(C(=O)O)C[C@@H](O)[C@@H](N)C([C@H](O)[C@H](O)CO)O2)[C@H](O)[C@H](O)C1NC(C)=O. The number of carboxylic acid groups (broad SMARTS) is 1. The van der Waals surface area contributed by atoms with Crippen LogP contribution in [0, 0.1) is 0 Å². The maximum Gasteiger partial charge on any atom is 0.364 e. The van der Waals surface area contributed by atoms with Crippen molar-refractivity contribution in [3.63, 3.8) is 0 Å². The van der Waals surface area contributed by atoms with E-state index in [-0.39, 0.29) is 6.61 Å². The molecule has 0 aliphatic carbocycles. The molecule has 0 saturated carbocycles. The van der Waals surface area contributed by atoms with Gasteiger partial charge in [-0.2, -0.15) is 0 Å². The molecule has 35 heavy (non-hydrogen) atoms. The first-order valence-corrected chi connectivity index (χ1v) is 10.9. The molecular formula is C20H34N2O13. The highest BCUT2D eigenvalue weighted by molar-refractivity contribution is 5.76. The van der Waals surface area contributed by atoms with Gasteiger partial charge in [-0.05, 0) is 0 Å². The molecule has 15 heteroatoms. The van der Waals surface area contributed by atoms with Crippen molar-refractivity contribution >= 4 is 11.9 Å². The smallest absolute Gasteiger partial charge is 0.364 e. The normalized spacial score (nSPS) is 39.4. The molecule has 1 amide bonds. The lowest BCUT2D eigenvalue weighted by molar-refractivity contribution is -0.328. The number of nitrogens with one attached hydrogen (secondary N) is 1. The van der Waals surface area contributed by atoms with E-state index in [1.807, 2.05) is 0 Å². The predicted molar refractivity (Wildman–Crippen MR) is 113 cm³/mol. The van der Waals surface area contributed by atoms with E-state index >= 15 is 0 Å². The lowest BCUT2D eigenvalue weighted by Gasteiger charge is -2.46. The second kappa shape index (κ2) is 12.5. The molecule has 2 aliphatic heterocycles. The van der Waals surface area contributed by atoms with Crippen LogP contribution in [0.25, 0.3) is 0 Å². The van der Waals surface area contributed by atoms with Crippen LogP contribution in [-0.4, -0.2) is 134 Å². The van der Waals surface area contributed by atoms with Crippen LogP contribution in [0.4, 0.5) is 0 Å². The maximum atomic E-state index is 12.1. The van der Waals surface area contributed by atoms with Crippen LogP contribution in [0.5, 0.6) is 0 Å². The van der Waals surface area contributed by atoms with Crippen LogP contribution in [0.2, 0.25) is 0 Å². The molecule has 15 nitrogen and oxygen atoms in total. The molecule has 2 aliphatic rings. The molecule has 2 fully saturated rings. The van der Waals surface area contributed by atoms with Crippen molar-refractivity contribution in [2.45, 2.75) is 80.2 Å². The standard InChI is InChI=1S/C20H34N2O13/c1-3-4-32-18-13(22-8(2)24)16(29)15(28)11(34-18)7-33-20(19(30)31)5-9(25)12(21)17(35-20)14(27)10(26)6-23/h3,9-18,23,25-29H,1,4-7,21H2,2H3,(H,22,24)(H,30,31)/t9-,10-,11?,12-,13?,14-,15+,16-,17?,18+,20-/m1/s1. The van der Waals surface area contributed by atoms with Gasteiger partial charge >= 0.3 is 5.97 Å². The molecular weight excluding hydrogens is 476 g/mol. The Balaban J connectivity index is 2.23. The molecule has 10 N–H and O–H groups in total. The molecule has 0 bridgehead atoms. The van der Waals surface area contributed by atoms with Gasteiger partial charge in [0.05, 0.1) is 32.0 Å². The molecule has 2 heterocycles. The Hall–Kier alpha value is -1.76. The van der Waals surface area contributed by atoms with Crippen LogP contribution < -0.4 is 11.1 Å². The highest BCUT2D eigenvalue weighted by Gasteiger charge is 2.55. The van der Waals surface area contributed by atoms with Gasteiger partial charge in [-0.3, -0.25) is 4.79 Å². The monoisotopic (exact) mass is 510 g/mol. The number of carboxylic acids is 1. The number of nitrogens with two attached hydrogens (primary N) is 1. The summed E-state index contributed by atoms with van der Waals surface area (Å²) in [5.74, 6) is -4.86. The van der Waals surface area contributed by atoms with Gasteiger partial charge in [0.25, 0.3) is 5.79 Å². The Labute approximate surface area is 200 Å². The molecule has 0 radical (unpaired) electrons. The summed E-state index contributed by atoms with van der Waals surface area (Å²) in [4.78, 5) is 23.6. The topological polar surface area (TPSA) is 251 Å². The quantitative estimate of drug-likeness (QED) is 0.118. The number of hydrogen-bond donors (Lipinski definition) is 9. The maximum absolute atomic E-state index is 12.1. The fourth-order valence-corrected chi connectivity index (χ4v) is 3.87. The van der Waals surface area contributed by atoms with E-state index < -0.39 is 98.4 Å². The van der Waals surface area contributed by atoms with Crippen molar-refractivity contribution in [2.75, 3.05) is 19.8 Å². The van der Waals surface area contributed by atoms with Gasteiger partial charge in [0.1, 0.15) is 42.7 Å². The summed E-state index contributed by atoms with van der Waals surface area (Å²) in [7, 11) is 0. The van der Waals surface area contributed by atoms with Gasteiger partial charge in [0.2, 0.25) is 5.91 Å². The lowest BCUT2D eigenvalue weighted by atomic mass is 9.89. The number of carbonyl (C=O) groups is 2.